The average Bonchev–Trinajstić information content (AvgIpc) is 1.63. The molecule has 3 saturated carbocycles. The van der Waals surface area contributed by atoms with E-state index in [1.807, 2.05) is 0 Å². The van der Waals surface area contributed by atoms with Crippen LogP contribution in [-0.2, 0) is 36.2 Å². The van der Waals surface area contributed by atoms with Crippen molar-refractivity contribution in [2.75, 3.05) is 44.1 Å². The minimum absolute atomic E-state index is 0.00358. The van der Waals surface area contributed by atoms with Crippen LogP contribution in [-0.4, -0.2) is 135 Å². The van der Waals surface area contributed by atoms with E-state index in [1.165, 1.54) is 18.7 Å². The number of nitrogens with one attached hydrogen (secondary N) is 2. The number of hydrogen-bond donors (Lipinski definition) is 2. The maximum absolute atomic E-state index is 15.0. The fourth-order valence-corrected chi connectivity index (χ4v) is 11.1. The molecule has 3 saturated heterocycles. The molecule has 2 N–H and O–H groups in total. The average molecular weight is 1470 g/mol. The fourth-order valence-electron chi connectivity index (χ4n) is 10.6. The number of ether oxygens (including phenoxy) is 2. The summed E-state index contributed by atoms with van der Waals surface area (Å²) in [4.78, 5) is 117. The Hall–Kier alpha value is -8.85. The number of aromatic nitrogens is 2. The Morgan fingerprint density at radius 3 is 1.24 bits per heavy atom. The van der Waals surface area contributed by atoms with Gasteiger partial charge in [-0.15, -0.1) is 0 Å². The Balaban J connectivity index is 0.000000176. The van der Waals surface area contributed by atoms with Crippen molar-refractivity contribution in [1.29, 1.82) is 0 Å². The maximum atomic E-state index is 15.0. The van der Waals surface area contributed by atoms with E-state index in [4.69, 9.17) is 44.3 Å². The zero-order valence-corrected chi connectivity index (χ0v) is 55.6. The standard InChI is InChI=1S/C25H24ClF5N4O4.C20H16ClF5N4O2.C18H20ClF2N3O4/c1-12-9-13(25(29,30)31)10-18(32-12)35-17(11-33(22(35)37)23(38)39-24(2,3)4)21(36)34(14-5-6-14)16-8-7-15(27)19(26)20(16)28;1-9-6-10(20(24,25)26)7-15(28-9)30-14(8-27-19(30)32)18(31)29(11-2-3-11)13-5-4-12(22)16(21)17(13)23;1-18(2,3)28-17(27)23-8-11(22-16(23)26)15(25)24(9-4-5-9)12-7-6-10(20)13(19)14(12)21/h7-10,14,17H,5-6,11H2,1-4H3;4-7,11,14H,2-3,8H2,1H3,(H,27,32);6-7,9,11H,4-5,8H2,1-3H3,(H,22,26)/t17-;14-;11-/m000/s1. The van der Waals surface area contributed by atoms with E-state index in [2.05, 4.69) is 20.6 Å². The zero-order valence-electron chi connectivity index (χ0n) is 53.4. The van der Waals surface area contributed by atoms with Crippen LogP contribution in [0, 0.1) is 48.8 Å². The van der Waals surface area contributed by atoms with Gasteiger partial charge in [0.2, 0.25) is 0 Å². The van der Waals surface area contributed by atoms with Gasteiger partial charge in [0.05, 0.1) is 41.3 Å². The van der Waals surface area contributed by atoms with Gasteiger partial charge in [-0.1, -0.05) is 34.8 Å². The molecule has 3 aliphatic carbocycles. The molecule has 0 bridgehead atoms. The molecule has 0 radical (unpaired) electrons. The van der Waals surface area contributed by atoms with Gasteiger partial charge in [-0.3, -0.25) is 24.2 Å². The van der Waals surface area contributed by atoms with Crippen molar-refractivity contribution in [1.82, 2.24) is 30.4 Å². The van der Waals surface area contributed by atoms with Crippen LogP contribution in [0.25, 0.3) is 0 Å². The first-order valence-corrected chi connectivity index (χ1v) is 31.3. The largest absolute Gasteiger partial charge is 0.443 e. The monoisotopic (exact) mass is 1460 g/mol. The lowest BCUT2D eigenvalue weighted by Crippen LogP contribution is -2.49. The molecule has 36 heteroatoms. The van der Waals surface area contributed by atoms with Gasteiger partial charge in [-0.25, -0.2) is 70.1 Å². The van der Waals surface area contributed by atoms with Gasteiger partial charge >= 0.3 is 42.6 Å². The molecule has 6 fully saturated rings. The minimum atomic E-state index is -4.80. The number of aryl methyl sites for hydroxylation is 2. The second-order valence-electron chi connectivity index (χ2n) is 25.5. The van der Waals surface area contributed by atoms with Gasteiger partial charge in [-0.2, -0.15) is 26.3 Å². The van der Waals surface area contributed by atoms with Crippen LogP contribution in [0.15, 0.2) is 60.7 Å². The van der Waals surface area contributed by atoms with E-state index in [0.29, 0.717) is 60.5 Å². The van der Waals surface area contributed by atoms with Crippen LogP contribution in [0.4, 0.5) is 105 Å². The molecule has 11 rings (SSSR count). The molecule has 21 nitrogen and oxygen atoms in total. The predicted molar refractivity (Wildman–Crippen MR) is 333 cm³/mol. The summed E-state index contributed by atoms with van der Waals surface area (Å²) in [6, 6.07) is 0.845. The number of imide groups is 2. The quantitative estimate of drug-likeness (QED) is 0.0930. The number of amides is 11. The molecule has 5 heterocycles. The summed E-state index contributed by atoms with van der Waals surface area (Å²) < 4.78 is 176. The number of alkyl halides is 6. The zero-order chi connectivity index (χ0) is 73.2. The Bertz CT molecular complexity index is 4090. The summed E-state index contributed by atoms with van der Waals surface area (Å²) in [5.74, 6) is -9.56. The van der Waals surface area contributed by atoms with E-state index in [0.717, 1.165) is 68.1 Å². The van der Waals surface area contributed by atoms with Gasteiger partial charge in [0.25, 0.3) is 17.7 Å². The van der Waals surface area contributed by atoms with Crippen molar-refractivity contribution in [2.24, 2.45) is 0 Å². The molecule has 532 valence electrons. The van der Waals surface area contributed by atoms with Crippen LogP contribution < -0.4 is 35.1 Å². The number of anilines is 5. The molecule has 3 aromatic carbocycles. The summed E-state index contributed by atoms with van der Waals surface area (Å²) in [5.41, 5.74) is -4.92. The molecule has 0 unspecified atom stereocenters. The lowest BCUT2D eigenvalue weighted by atomic mass is 10.1. The number of rotatable bonds is 11. The summed E-state index contributed by atoms with van der Waals surface area (Å²) in [7, 11) is 0. The van der Waals surface area contributed by atoms with Crippen LogP contribution in [0.1, 0.15) is 103 Å². The maximum Gasteiger partial charge on any atom is 0.418 e. The molecular weight excluding hydrogens is 1410 g/mol. The van der Waals surface area contributed by atoms with Gasteiger partial charge in [-0.05, 0) is 155 Å². The second kappa shape index (κ2) is 28.1. The van der Waals surface area contributed by atoms with Crippen molar-refractivity contribution in [2.45, 2.75) is 154 Å². The van der Waals surface area contributed by atoms with Crippen molar-refractivity contribution in [3.05, 3.63) is 133 Å². The summed E-state index contributed by atoms with van der Waals surface area (Å²) in [6.07, 6.45) is -8.28. The molecule has 0 spiro atoms. The van der Waals surface area contributed by atoms with E-state index >= 15 is 4.39 Å². The fraction of sp³-hybridized carbons (Fsp3) is 0.429. The number of nitrogens with zero attached hydrogens (tertiary/aromatic N) is 9. The van der Waals surface area contributed by atoms with Crippen molar-refractivity contribution >= 4 is 112 Å². The third-order valence-corrected chi connectivity index (χ3v) is 16.4. The molecule has 2 aromatic heterocycles. The van der Waals surface area contributed by atoms with Crippen LogP contribution in [0.3, 0.4) is 0 Å². The Labute approximate surface area is 571 Å². The Kier molecular flexibility index (Phi) is 21.1. The molecular formula is C63H60Cl3F12N11O10. The Morgan fingerprint density at radius 1 is 0.505 bits per heavy atom. The second-order valence-corrected chi connectivity index (χ2v) is 26.7. The van der Waals surface area contributed by atoms with E-state index < -0.39 is 175 Å². The van der Waals surface area contributed by atoms with Gasteiger partial charge in [0.15, 0.2) is 17.5 Å². The third kappa shape index (κ3) is 16.6. The lowest BCUT2D eigenvalue weighted by molar-refractivity contribution is -0.138. The van der Waals surface area contributed by atoms with Crippen LogP contribution in [0.2, 0.25) is 15.1 Å². The number of carbonyl (C=O) groups excluding carboxylic acids is 8. The molecule has 3 aliphatic heterocycles. The lowest BCUT2D eigenvalue weighted by Gasteiger charge is -2.30. The number of urea groups is 3. The van der Waals surface area contributed by atoms with Crippen molar-refractivity contribution in [3.63, 3.8) is 0 Å². The number of benzene rings is 3. The highest BCUT2D eigenvalue weighted by Gasteiger charge is 2.53. The molecule has 5 aromatic rings. The predicted octanol–water partition coefficient (Wildman–Crippen LogP) is 14.0. The highest BCUT2D eigenvalue weighted by Crippen LogP contribution is 2.43. The number of halogens is 15. The molecule has 99 heavy (non-hydrogen) atoms. The normalized spacial score (nSPS) is 18.6. The third-order valence-electron chi connectivity index (χ3n) is 15.4. The highest BCUT2D eigenvalue weighted by atomic mass is 35.5. The summed E-state index contributed by atoms with van der Waals surface area (Å²) in [5, 5.41) is 2.49. The number of hydrogen-bond acceptors (Lipinski definition) is 12. The SMILES string of the molecule is CC(C)(C)OC(=O)N1C[C@@H](C(=O)N(c2ccc(F)c(Cl)c2F)C2CC2)NC1=O.Cc1cc(C(F)(F)F)cc(N2C(=O)N(C(=O)OC(C)(C)C)C[C@H]2C(=O)N(c2ccc(F)c(Cl)c2F)C2CC2)n1.Cc1cc(C(F)(F)F)cc(N2C(=O)NC[C@H]2C(=O)N(c2ccc(F)c(Cl)c2F)C2CC2)n1. The molecule has 3 atom stereocenters. The van der Waals surface area contributed by atoms with Crippen LogP contribution >= 0.6 is 34.8 Å². The Morgan fingerprint density at radius 2 is 0.869 bits per heavy atom. The summed E-state index contributed by atoms with van der Waals surface area (Å²) in [6.45, 7) is 11.1. The van der Waals surface area contributed by atoms with E-state index in [1.54, 1.807) is 41.5 Å². The van der Waals surface area contributed by atoms with Crippen LogP contribution in [0.5, 0.6) is 0 Å². The summed E-state index contributed by atoms with van der Waals surface area (Å²) >= 11 is 17.0. The molecule has 11 amide bonds. The number of carbonyl (C=O) groups is 8. The van der Waals surface area contributed by atoms with Gasteiger partial charge in [0.1, 0.15) is 73.5 Å². The van der Waals surface area contributed by atoms with Gasteiger partial charge < -0.3 is 34.8 Å². The first-order chi connectivity index (χ1) is 46.0. The molecule has 6 aliphatic rings. The van der Waals surface area contributed by atoms with Crippen molar-refractivity contribution in [3.8, 4) is 0 Å². The highest BCUT2D eigenvalue weighted by molar-refractivity contribution is 6.32. The van der Waals surface area contributed by atoms with Gasteiger partial charge in [0, 0.05) is 36.1 Å². The van der Waals surface area contributed by atoms with Crippen molar-refractivity contribution < 1.29 is 101 Å². The smallest absolute Gasteiger partial charge is 0.418 e. The van der Waals surface area contributed by atoms with E-state index in [9.17, 15) is 86.7 Å². The first-order valence-electron chi connectivity index (χ1n) is 30.2. The first kappa shape index (κ1) is 74.4. The van der Waals surface area contributed by atoms with E-state index in [-0.39, 0.29) is 53.4 Å². The topological polar surface area (TPSA) is 228 Å². The number of pyridine rings is 2. The minimum Gasteiger partial charge on any atom is -0.443 e.